The minimum absolute atomic E-state index is 0.401. The lowest BCUT2D eigenvalue weighted by atomic mass is 9.93. The Labute approximate surface area is 79.7 Å². The molecule has 0 spiro atoms. The third kappa shape index (κ3) is 5.03. The Morgan fingerprint density at radius 2 is 2.00 bits per heavy atom. The van der Waals surface area contributed by atoms with Gasteiger partial charge in [-0.2, -0.15) is 0 Å². The fraction of sp³-hybridized carbons (Fsp3) is 0.800. The number of rotatable bonds is 5. The van der Waals surface area contributed by atoms with E-state index in [4.69, 9.17) is 5.11 Å². The van der Waals surface area contributed by atoms with E-state index in [-0.39, 0.29) is 0 Å². The quantitative estimate of drug-likeness (QED) is 0.560. The molecule has 78 valence electrons. The predicted molar refractivity (Wildman–Crippen MR) is 52.4 cm³/mol. The Kier molecular flexibility index (Phi) is 5.21. The van der Waals surface area contributed by atoms with Crippen LogP contribution in [0.4, 0.5) is 0 Å². The Morgan fingerprint density at radius 3 is 2.38 bits per heavy atom. The molecule has 0 heterocycles. The van der Waals surface area contributed by atoms with Crippen molar-refractivity contribution in [3.63, 3.8) is 0 Å². The van der Waals surface area contributed by atoms with E-state index in [1.165, 1.54) is 12.5 Å². The molecule has 0 bridgehead atoms. The van der Waals surface area contributed by atoms with Gasteiger partial charge in [0.05, 0.1) is 12.2 Å². The summed E-state index contributed by atoms with van der Waals surface area (Å²) in [4.78, 5) is 0. The van der Waals surface area contributed by atoms with Gasteiger partial charge in [0, 0.05) is 0 Å². The van der Waals surface area contributed by atoms with Crippen LogP contribution in [0.3, 0.4) is 0 Å². The number of allylic oxidation sites excluding steroid dienone is 2. The number of aliphatic hydroxyl groups is 3. The van der Waals surface area contributed by atoms with Crippen molar-refractivity contribution in [1.29, 1.82) is 0 Å². The summed E-state index contributed by atoms with van der Waals surface area (Å²) in [5.74, 6) is 0. The second kappa shape index (κ2) is 5.37. The van der Waals surface area contributed by atoms with Crippen molar-refractivity contribution in [3.8, 4) is 0 Å². The predicted octanol–water partition coefficient (Wildman–Crippen LogP) is 0.837. The molecule has 0 aliphatic heterocycles. The summed E-state index contributed by atoms with van der Waals surface area (Å²) in [7, 11) is 0. The zero-order valence-electron chi connectivity index (χ0n) is 8.62. The summed E-state index contributed by atoms with van der Waals surface area (Å²) in [6, 6.07) is 0. The molecule has 0 aliphatic carbocycles. The van der Waals surface area contributed by atoms with Gasteiger partial charge in [0.25, 0.3) is 0 Å². The highest BCUT2D eigenvalue weighted by Gasteiger charge is 2.28. The van der Waals surface area contributed by atoms with Crippen LogP contribution >= 0.6 is 0 Å². The summed E-state index contributed by atoms with van der Waals surface area (Å²) >= 11 is 0. The van der Waals surface area contributed by atoms with Crippen molar-refractivity contribution >= 4 is 0 Å². The number of hydrogen-bond acceptors (Lipinski definition) is 3. The van der Waals surface area contributed by atoms with Gasteiger partial charge < -0.3 is 15.3 Å². The van der Waals surface area contributed by atoms with Crippen LogP contribution in [0, 0.1) is 0 Å². The maximum atomic E-state index is 9.66. The third-order valence-electron chi connectivity index (χ3n) is 2.09. The molecule has 0 rings (SSSR count). The van der Waals surface area contributed by atoms with Gasteiger partial charge in [0.2, 0.25) is 0 Å². The normalized spacial score (nSPS) is 17.7. The number of aliphatic hydroxyl groups excluding tert-OH is 2. The topological polar surface area (TPSA) is 60.7 Å². The molecule has 1 unspecified atom stereocenters. The Hall–Kier alpha value is -0.380. The summed E-state index contributed by atoms with van der Waals surface area (Å²) in [5.41, 5.74) is -0.00459. The van der Waals surface area contributed by atoms with Crippen LogP contribution in [0.2, 0.25) is 0 Å². The van der Waals surface area contributed by atoms with Crippen molar-refractivity contribution in [2.45, 2.75) is 45.3 Å². The van der Waals surface area contributed by atoms with Crippen molar-refractivity contribution in [1.82, 2.24) is 0 Å². The first-order chi connectivity index (χ1) is 5.90. The Bertz CT molecular complexity index is 169. The molecular formula is C10H20O3. The Balaban J connectivity index is 3.96. The minimum Gasteiger partial charge on any atom is -0.394 e. The average molecular weight is 188 g/mol. The SMILES string of the molecule is CC(C)=CCC[C@](C)(O)C(O)CO. The summed E-state index contributed by atoms with van der Waals surface area (Å²) in [5, 5.41) is 27.5. The van der Waals surface area contributed by atoms with Crippen LogP contribution in [-0.2, 0) is 0 Å². The van der Waals surface area contributed by atoms with Crippen molar-refractivity contribution in [2.24, 2.45) is 0 Å². The van der Waals surface area contributed by atoms with Gasteiger partial charge >= 0.3 is 0 Å². The van der Waals surface area contributed by atoms with E-state index in [0.29, 0.717) is 12.8 Å². The summed E-state index contributed by atoms with van der Waals surface area (Å²) in [6.45, 7) is 5.10. The van der Waals surface area contributed by atoms with E-state index in [1.807, 2.05) is 19.9 Å². The maximum Gasteiger partial charge on any atom is 0.105 e. The molecule has 0 aromatic rings. The largest absolute Gasteiger partial charge is 0.394 e. The molecule has 0 radical (unpaired) electrons. The second-order valence-electron chi connectivity index (χ2n) is 3.88. The van der Waals surface area contributed by atoms with E-state index in [0.717, 1.165) is 0 Å². The van der Waals surface area contributed by atoms with E-state index in [9.17, 15) is 10.2 Å². The molecule has 0 aromatic heterocycles. The molecule has 0 aromatic carbocycles. The first-order valence-electron chi connectivity index (χ1n) is 4.55. The van der Waals surface area contributed by atoms with Crippen LogP contribution in [0.1, 0.15) is 33.6 Å². The molecule has 3 N–H and O–H groups in total. The van der Waals surface area contributed by atoms with Crippen molar-refractivity contribution < 1.29 is 15.3 Å². The first kappa shape index (κ1) is 12.6. The van der Waals surface area contributed by atoms with Crippen molar-refractivity contribution in [3.05, 3.63) is 11.6 Å². The van der Waals surface area contributed by atoms with E-state index < -0.39 is 18.3 Å². The zero-order valence-corrected chi connectivity index (χ0v) is 8.62. The van der Waals surface area contributed by atoms with Crippen LogP contribution < -0.4 is 0 Å². The monoisotopic (exact) mass is 188 g/mol. The smallest absolute Gasteiger partial charge is 0.105 e. The van der Waals surface area contributed by atoms with Crippen LogP contribution in [0.15, 0.2) is 11.6 Å². The molecule has 3 nitrogen and oxygen atoms in total. The summed E-state index contributed by atoms with van der Waals surface area (Å²) in [6.07, 6.45) is 2.11. The van der Waals surface area contributed by atoms with Gasteiger partial charge in [-0.1, -0.05) is 11.6 Å². The lowest BCUT2D eigenvalue weighted by Crippen LogP contribution is -2.41. The van der Waals surface area contributed by atoms with Crippen LogP contribution in [0.25, 0.3) is 0 Å². The van der Waals surface area contributed by atoms with Crippen LogP contribution in [0.5, 0.6) is 0 Å². The minimum atomic E-state index is -1.19. The van der Waals surface area contributed by atoms with Gasteiger partial charge in [-0.3, -0.25) is 0 Å². The zero-order chi connectivity index (χ0) is 10.5. The van der Waals surface area contributed by atoms with Gasteiger partial charge in [0.1, 0.15) is 6.10 Å². The molecule has 0 saturated heterocycles. The van der Waals surface area contributed by atoms with Crippen molar-refractivity contribution in [2.75, 3.05) is 6.61 Å². The molecule has 13 heavy (non-hydrogen) atoms. The molecule has 0 saturated carbocycles. The second-order valence-corrected chi connectivity index (χ2v) is 3.88. The average Bonchev–Trinajstić information content (AvgIpc) is 2.01. The highest BCUT2D eigenvalue weighted by atomic mass is 16.4. The molecule has 0 fully saturated rings. The van der Waals surface area contributed by atoms with Gasteiger partial charge in [-0.05, 0) is 33.6 Å². The molecule has 0 amide bonds. The van der Waals surface area contributed by atoms with Gasteiger partial charge in [0.15, 0.2) is 0 Å². The molecular weight excluding hydrogens is 168 g/mol. The molecule has 2 atom stereocenters. The van der Waals surface area contributed by atoms with Gasteiger partial charge in [-0.15, -0.1) is 0 Å². The third-order valence-corrected chi connectivity index (χ3v) is 2.09. The lowest BCUT2D eigenvalue weighted by Gasteiger charge is -2.27. The van der Waals surface area contributed by atoms with E-state index >= 15 is 0 Å². The van der Waals surface area contributed by atoms with Crippen LogP contribution in [-0.4, -0.2) is 33.6 Å². The van der Waals surface area contributed by atoms with E-state index in [1.54, 1.807) is 0 Å². The number of hydrogen-bond donors (Lipinski definition) is 3. The fourth-order valence-electron chi connectivity index (χ4n) is 1.02. The fourth-order valence-corrected chi connectivity index (χ4v) is 1.02. The highest BCUT2D eigenvalue weighted by Crippen LogP contribution is 2.17. The highest BCUT2D eigenvalue weighted by molar-refractivity contribution is 4.95. The van der Waals surface area contributed by atoms with E-state index in [2.05, 4.69) is 0 Å². The molecule has 0 aliphatic rings. The molecule has 3 heteroatoms. The lowest BCUT2D eigenvalue weighted by molar-refractivity contribution is -0.0866. The standard InChI is InChI=1S/C10H20O3/c1-8(2)5-4-6-10(3,13)9(12)7-11/h5,9,11-13H,4,6-7H2,1-3H3/t9?,10-/m0/s1. The maximum absolute atomic E-state index is 9.66. The summed E-state index contributed by atoms with van der Waals surface area (Å²) < 4.78 is 0. The Morgan fingerprint density at radius 1 is 1.46 bits per heavy atom. The first-order valence-corrected chi connectivity index (χ1v) is 4.55. The van der Waals surface area contributed by atoms with Gasteiger partial charge in [-0.25, -0.2) is 0 Å².